The highest BCUT2D eigenvalue weighted by Crippen LogP contribution is 2.17. The van der Waals surface area contributed by atoms with E-state index < -0.39 is 0 Å². The van der Waals surface area contributed by atoms with E-state index in [1.54, 1.807) is 0 Å². The van der Waals surface area contributed by atoms with Gasteiger partial charge in [-0.3, -0.25) is 5.41 Å². The molecule has 0 atom stereocenters. The highest BCUT2D eigenvalue weighted by Gasteiger charge is 2.24. The minimum atomic E-state index is 0.0304. The first-order valence-corrected chi connectivity index (χ1v) is 4.14. The molecule has 72 valence electrons. The van der Waals surface area contributed by atoms with Crippen LogP contribution < -0.4 is 5.73 Å². The summed E-state index contributed by atoms with van der Waals surface area (Å²) in [6, 6.07) is 0. The molecule has 5 nitrogen and oxygen atoms in total. The number of nitrogens with two attached hydrogens (primary N) is 1. The Kier molecular flexibility index (Phi) is 2.89. The van der Waals surface area contributed by atoms with Crippen LogP contribution in [0.2, 0.25) is 0 Å². The second-order valence-corrected chi connectivity index (χ2v) is 2.37. The maximum Gasteiger partial charge on any atom is 0.209 e. The van der Waals surface area contributed by atoms with E-state index in [9.17, 15) is 0 Å². The van der Waals surface area contributed by atoms with Crippen molar-refractivity contribution in [3.63, 3.8) is 0 Å². The lowest BCUT2D eigenvalue weighted by Gasteiger charge is -2.07. The van der Waals surface area contributed by atoms with E-state index in [1.165, 1.54) is 0 Å². The molecule has 0 saturated heterocycles. The van der Waals surface area contributed by atoms with Crippen molar-refractivity contribution in [3.05, 3.63) is 11.5 Å². The van der Waals surface area contributed by atoms with Crippen LogP contribution in [0.4, 0.5) is 0 Å². The molecule has 1 aliphatic heterocycles. The fourth-order valence-corrected chi connectivity index (χ4v) is 1.01. The van der Waals surface area contributed by atoms with Crippen LogP contribution in [-0.4, -0.2) is 24.9 Å². The van der Waals surface area contributed by atoms with Crippen LogP contribution >= 0.6 is 0 Å². The summed E-state index contributed by atoms with van der Waals surface area (Å²) in [6.07, 6.45) is 0. The molecular weight excluding hydrogens is 170 g/mol. The first kappa shape index (κ1) is 9.57. The number of rotatable bonds is 4. The van der Waals surface area contributed by atoms with Crippen LogP contribution in [0.1, 0.15) is 13.8 Å². The van der Waals surface area contributed by atoms with E-state index in [0.29, 0.717) is 24.7 Å². The highest BCUT2D eigenvalue weighted by molar-refractivity contribution is 6.16. The largest absolute Gasteiger partial charge is 0.487 e. The molecule has 5 heteroatoms. The molecule has 0 fully saturated rings. The SMILES string of the molecule is CCOC1=C(OCC)C(N)=NC1=N. The quantitative estimate of drug-likeness (QED) is 0.670. The van der Waals surface area contributed by atoms with E-state index in [-0.39, 0.29) is 11.7 Å². The maximum absolute atomic E-state index is 7.42. The van der Waals surface area contributed by atoms with Crippen LogP contribution in [0.5, 0.6) is 0 Å². The van der Waals surface area contributed by atoms with Crippen molar-refractivity contribution in [1.29, 1.82) is 5.41 Å². The third kappa shape index (κ3) is 1.80. The number of hydrogen-bond acceptors (Lipinski definition) is 4. The van der Waals surface area contributed by atoms with Gasteiger partial charge in [0, 0.05) is 0 Å². The fraction of sp³-hybridized carbons (Fsp3) is 0.500. The topological polar surface area (TPSA) is 80.7 Å². The van der Waals surface area contributed by atoms with Gasteiger partial charge in [0.25, 0.3) is 0 Å². The number of hydrogen-bond donors (Lipinski definition) is 2. The molecule has 0 saturated carbocycles. The highest BCUT2D eigenvalue weighted by atomic mass is 16.5. The van der Waals surface area contributed by atoms with Crippen LogP contribution in [0, 0.1) is 5.41 Å². The molecular formula is C8H13N3O2. The Morgan fingerprint density at radius 1 is 1.23 bits per heavy atom. The van der Waals surface area contributed by atoms with Gasteiger partial charge in [-0.05, 0) is 13.8 Å². The Labute approximate surface area is 76.7 Å². The van der Waals surface area contributed by atoms with Gasteiger partial charge < -0.3 is 15.2 Å². The van der Waals surface area contributed by atoms with Crippen molar-refractivity contribution < 1.29 is 9.47 Å². The minimum Gasteiger partial charge on any atom is -0.487 e. The molecule has 13 heavy (non-hydrogen) atoms. The zero-order valence-electron chi connectivity index (χ0n) is 7.76. The average molecular weight is 183 g/mol. The number of amidine groups is 2. The summed E-state index contributed by atoms with van der Waals surface area (Å²) in [5, 5.41) is 7.42. The monoisotopic (exact) mass is 183 g/mol. The van der Waals surface area contributed by atoms with Crippen molar-refractivity contribution in [2.45, 2.75) is 13.8 Å². The Balaban J connectivity index is 2.89. The van der Waals surface area contributed by atoms with Crippen LogP contribution in [0.25, 0.3) is 0 Å². The fourth-order valence-electron chi connectivity index (χ4n) is 1.01. The molecule has 0 aromatic carbocycles. The van der Waals surface area contributed by atoms with E-state index in [4.69, 9.17) is 20.6 Å². The molecule has 0 amide bonds. The van der Waals surface area contributed by atoms with Gasteiger partial charge in [-0.1, -0.05) is 0 Å². The summed E-state index contributed by atoms with van der Waals surface area (Å²) in [7, 11) is 0. The zero-order chi connectivity index (χ0) is 9.84. The van der Waals surface area contributed by atoms with E-state index in [1.807, 2.05) is 13.8 Å². The second kappa shape index (κ2) is 3.93. The summed E-state index contributed by atoms with van der Waals surface area (Å²) in [5.41, 5.74) is 5.52. The molecule has 0 aliphatic carbocycles. The lowest BCUT2D eigenvalue weighted by atomic mass is 10.4. The van der Waals surface area contributed by atoms with Crippen LogP contribution in [0.3, 0.4) is 0 Å². The predicted octanol–water partition coefficient (Wildman–Crippen LogP) is 0.619. The van der Waals surface area contributed by atoms with Gasteiger partial charge in [0.2, 0.25) is 11.5 Å². The molecule has 0 spiro atoms. The number of nitrogens with one attached hydrogen (secondary N) is 1. The summed E-state index contributed by atoms with van der Waals surface area (Å²) in [6.45, 7) is 4.62. The summed E-state index contributed by atoms with van der Waals surface area (Å²) in [5.74, 6) is 0.967. The molecule has 0 aromatic heterocycles. The van der Waals surface area contributed by atoms with E-state index in [2.05, 4.69) is 4.99 Å². The lowest BCUT2D eigenvalue weighted by molar-refractivity contribution is 0.195. The van der Waals surface area contributed by atoms with Gasteiger partial charge in [-0.15, -0.1) is 0 Å². The smallest absolute Gasteiger partial charge is 0.209 e. The predicted molar refractivity (Wildman–Crippen MR) is 49.6 cm³/mol. The molecule has 0 unspecified atom stereocenters. The molecule has 1 rings (SSSR count). The third-order valence-corrected chi connectivity index (χ3v) is 1.46. The van der Waals surface area contributed by atoms with Gasteiger partial charge in [0.1, 0.15) is 0 Å². The zero-order valence-corrected chi connectivity index (χ0v) is 7.76. The number of nitrogens with zero attached hydrogens (tertiary/aromatic N) is 1. The van der Waals surface area contributed by atoms with E-state index >= 15 is 0 Å². The van der Waals surface area contributed by atoms with Crippen molar-refractivity contribution in [3.8, 4) is 0 Å². The summed E-state index contributed by atoms with van der Waals surface area (Å²) >= 11 is 0. The third-order valence-electron chi connectivity index (χ3n) is 1.46. The Hall–Kier alpha value is -1.52. The average Bonchev–Trinajstić information content (AvgIpc) is 2.33. The lowest BCUT2D eigenvalue weighted by Crippen LogP contribution is -2.15. The maximum atomic E-state index is 7.42. The first-order chi connectivity index (χ1) is 6.20. The van der Waals surface area contributed by atoms with Gasteiger partial charge in [-0.2, -0.15) is 0 Å². The van der Waals surface area contributed by atoms with E-state index in [0.717, 1.165) is 0 Å². The Morgan fingerprint density at radius 2 is 1.77 bits per heavy atom. The van der Waals surface area contributed by atoms with Crippen molar-refractivity contribution in [2.75, 3.05) is 13.2 Å². The number of aliphatic imine (C=N–C) groups is 1. The Bertz CT molecular complexity index is 281. The molecule has 0 bridgehead atoms. The number of ether oxygens (including phenoxy) is 2. The molecule has 1 aliphatic rings. The van der Waals surface area contributed by atoms with Gasteiger partial charge in [-0.25, -0.2) is 4.99 Å². The minimum absolute atomic E-state index is 0.0304. The summed E-state index contributed by atoms with van der Waals surface area (Å²) in [4.78, 5) is 3.74. The van der Waals surface area contributed by atoms with Crippen LogP contribution in [0.15, 0.2) is 16.5 Å². The normalized spacial score (nSPS) is 16.2. The van der Waals surface area contributed by atoms with Gasteiger partial charge in [0.05, 0.1) is 13.2 Å². The Morgan fingerprint density at radius 3 is 2.31 bits per heavy atom. The van der Waals surface area contributed by atoms with Crippen molar-refractivity contribution >= 4 is 11.7 Å². The van der Waals surface area contributed by atoms with Crippen molar-refractivity contribution in [2.24, 2.45) is 10.7 Å². The van der Waals surface area contributed by atoms with Crippen molar-refractivity contribution in [1.82, 2.24) is 0 Å². The standard InChI is InChI=1S/C8H13N3O2/c1-3-12-5-6(13-4-2)8(10)11-7(5)9/h3-4H2,1-2H3,(H3,9,10,11). The molecule has 3 N–H and O–H groups in total. The molecule has 0 aromatic rings. The van der Waals surface area contributed by atoms with Gasteiger partial charge in [0.15, 0.2) is 11.7 Å². The second-order valence-electron chi connectivity index (χ2n) is 2.37. The molecule has 1 heterocycles. The summed E-state index contributed by atoms with van der Waals surface area (Å²) < 4.78 is 10.4. The molecule has 0 radical (unpaired) electrons. The van der Waals surface area contributed by atoms with Crippen LogP contribution in [-0.2, 0) is 9.47 Å². The van der Waals surface area contributed by atoms with Gasteiger partial charge >= 0.3 is 0 Å². The first-order valence-electron chi connectivity index (χ1n) is 4.14.